The first-order valence-electron chi connectivity index (χ1n) is 3.26. The predicted octanol–water partition coefficient (Wildman–Crippen LogP) is 4.77. The molecule has 0 aliphatic rings. The van der Waals surface area contributed by atoms with Crippen LogP contribution in [0.5, 0.6) is 0 Å². The van der Waals surface area contributed by atoms with Gasteiger partial charge in [-0.25, -0.2) is 0 Å². The summed E-state index contributed by atoms with van der Waals surface area (Å²) in [6.07, 6.45) is 2.41. The molecule has 0 spiro atoms. The lowest BCUT2D eigenvalue weighted by atomic mass is 10.2. The number of hydrogen-bond acceptors (Lipinski definition) is 0. The average Bonchev–Trinajstić information content (AvgIpc) is 1.81. The minimum Gasteiger partial charge on any atom is -0.193 e. The molecule has 0 rings (SSSR count). The third-order valence-electron chi connectivity index (χ3n) is 1.26. The highest BCUT2D eigenvalue weighted by atomic mass is 127. The van der Waals surface area contributed by atoms with Crippen molar-refractivity contribution in [1.29, 1.82) is 0 Å². The number of alkyl halides is 5. The molecule has 0 saturated carbocycles. The van der Waals surface area contributed by atoms with Gasteiger partial charge in [0.05, 0.1) is 0 Å². The quantitative estimate of drug-likeness (QED) is 0.386. The first-order chi connectivity index (χ1) is 4.81. The molecule has 0 amide bonds. The molecule has 0 heterocycles. The minimum atomic E-state index is -2.61. The summed E-state index contributed by atoms with van der Waals surface area (Å²) < 4.78 is 22.1. The molecule has 0 aromatic heterocycles. The van der Waals surface area contributed by atoms with Crippen molar-refractivity contribution in [3.8, 4) is 0 Å². The van der Waals surface area contributed by atoms with Gasteiger partial charge in [0, 0.05) is 22.6 Å². The summed E-state index contributed by atoms with van der Waals surface area (Å²) in [6, 6.07) is 0. The van der Waals surface area contributed by atoms with Crippen LogP contribution in [-0.4, -0.2) is 5.36 Å². The molecule has 5 heteroatoms. The van der Waals surface area contributed by atoms with E-state index in [2.05, 4.69) is 0 Å². The van der Waals surface area contributed by atoms with Gasteiger partial charge < -0.3 is 0 Å². The average molecular weight is 500 g/mol. The zero-order valence-electron chi connectivity index (χ0n) is 6.01. The van der Waals surface area contributed by atoms with Crippen LogP contribution in [0.15, 0.2) is 0 Å². The molecule has 0 aliphatic heterocycles. The molecule has 0 bridgehead atoms. The van der Waals surface area contributed by atoms with Gasteiger partial charge in [0.2, 0.25) is 0 Å². The van der Waals surface area contributed by atoms with E-state index < -0.39 is 5.36 Å². The van der Waals surface area contributed by atoms with Crippen LogP contribution < -0.4 is 0 Å². The number of halogens is 5. The van der Waals surface area contributed by atoms with Gasteiger partial charge in [-0.15, -0.1) is 0 Å². The van der Waals surface area contributed by atoms with Crippen molar-refractivity contribution in [2.24, 2.45) is 0 Å². The predicted molar refractivity (Wildman–Crippen MR) is 69.3 cm³/mol. The largest absolute Gasteiger partial charge is 0.319 e. The Hall–Kier alpha value is 2.05. The molecular weight excluding hydrogens is 491 g/mol. The van der Waals surface area contributed by atoms with Gasteiger partial charge in [0.25, 0.3) is 0 Å². The topological polar surface area (TPSA) is 0 Å². The normalized spacial score (nSPS) is 13.6. The fourth-order valence-corrected chi connectivity index (χ4v) is 1.57. The lowest BCUT2D eigenvalue weighted by molar-refractivity contribution is 0.120. The van der Waals surface area contributed by atoms with Crippen LogP contribution in [0.25, 0.3) is 0 Å². The van der Waals surface area contributed by atoms with Crippen LogP contribution in [0.1, 0.15) is 26.2 Å². The lowest BCUT2D eigenvalue weighted by Crippen LogP contribution is -2.30. The Bertz CT molecular complexity index is 119. The summed E-state index contributed by atoms with van der Waals surface area (Å²) in [5.41, 5.74) is 0. The first kappa shape index (κ1) is 13.1. The standard InChI is InChI=1S/C6H9F2I3/c1-2-3-4-5(9,10)6(7,8)11/h2-4H2,1H3. The van der Waals surface area contributed by atoms with Gasteiger partial charge >= 0.3 is 3.93 Å². The molecule has 0 saturated heterocycles. The summed E-state index contributed by atoms with van der Waals surface area (Å²) in [5.74, 6) is 0. The minimum absolute atomic E-state index is 0.570. The second-order valence-electron chi connectivity index (χ2n) is 2.31. The second kappa shape index (κ2) is 5.06. The molecule has 0 aromatic carbocycles. The summed E-state index contributed by atoms with van der Waals surface area (Å²) in [7, 11) is 0. The van der Waals surface area contributed by atoms with Crippen molar-refractivity contribution >= 4 is 67.8 Å². The molecule has 0 radical (unpaired) electrons. The highest BCUT2D eigenvalue weighted by Gasteiger charge is 2.46. The Kier molecular flexibility index (Phi) is 6.00. The van der Waals surface area contributed by atoms with E-state index in [1.165, 1.54) is 22.6 Å². The van der Waals surface area contributed by atoms with Gasteiger partial charge in [-0.05, 0) is 6.42 Å². The van der Waals surface area contributed by atoms with Crippen LogP contribution in [0.2, 0.25) is 0 Å². The Morgan fingerprint density at radius 1 is 1.18 bits per heavy atom. The molecule has 11 heavy (non-hydrogen) atoms. The van der Waals surface area contributed by atoms with E-state index in [9.17, 15) is 8.78 Å². The number of unbranched alkanes of at least 4 members (excludes halogenated alkanes) is 1. The van der Waals surface area contributed by atoms with E-state index in [1.807, 2.05) is 52.1 Å². The Morgan fingerprint density at radius 2 is 1.64 bits per heavy atom. The van der Waals surface area contributed by atoms with Crippen molar-refractivity contribution < 1.29 is 8.78 Å². The molecule has 0 fully saturated rings. The van der Waals surface area contributed by atoms with Crippen LogP contribution in [0.3, 0.4) is 0 Å². The summed E-state index contributed by atoms with van der Waals surface area (Å²) in [6.45, 7) is 2.01. The number of rotatable bonds is 4. The molecule has 0 aromatic rings. The molecule has 0 unspecified atom stereocenters. The maximum absolute atomic E-state index is 12.8. The summed E-state index contributed by atoms with van der Waals surface area (Å²) in [4.78, 5) is 0. The number of hydrogen-bond donors (Lipinski definition) is 0. The fraction of sp³-hybridized carbons (Fsp3) is 1.00. The first-order valence-corrected chi connectivity index (χ1v) is 6.49. The van der Waals surface area contributed by atoms with Gasteiger partial charge in [0.1, 0.15) is 1.43 Å². The van der Waals surface area contributed by atoms with Crippen molar-refractivity contribution in [3.63, 3.8) is 0 Å². The van der Waals surface area contributed by atoms with Crippen LogP contribution in [-0.2, 0) is 0 Å². The van der Waals surface area contributed by atoms with Crippen molar-refractivity contribution in [2.45, 2.75) is 31.5 Å². The Labute approximate surface area is 107 Å². The fourth-order valence-electron chi connectivity index (χ4n) is 0.541. The zero-order chi connectivity index (χ0) is 9.12. The van der Waals surface area contributed by atoms with Gasteiger partial charge in [-0.2, -0.15) is 8.78 Å². The maximum atomic E-state index is 12.8. The van der Waals surface area contributed by atoms with Gasteiger partial charge in [0.15, 0.2) is 0 Å². The highest BCUT2D eigenvalue weighted by molar-refractivity contribution is 14.2. The van der Waals surface area contributed by atoms with Crippen molar-refractivity contribution in [3.05, 3.63) is 0 Å². The van der Waals surface area contributed by atoms with E-state index in [0.29, 0.717) is 6.42 Å². The monoisotopic (exact) mass is 500 g/mol. The van der Waals surface area contributed by atoms with E-state index >= 15 is 0 Å². The van der Waals surface area contributed by atoms with Crippen molar-refractivity contribution in [2.75, 3.05) is 0 Å². The molecule has 0 atom stereocenters. The van der Waals surface area contributed by atoms with Crippen LogP contribution in [0, 0.1) is 0 Å². The Morgan fingerprint density at radius 3 is 1.91 bits per heavy atom. The molecule has 68 valence electrons. The molecular formula is C6H9F2I3. The van der Waals surface area contributed by atoms with E-state index in [4.69, 9.17) is 0 Å². The van der Waals surface area contributed by atoms with Crippen LogP contribution in [0.4, 0.5) is 8.78 Å². The van der Waals surface area contributed by atoms with Crippen LogP contribution >= 0.6 is 67.8 Å². The molecule has 0 N–H and O–H groups in total. The molecule has 0 aliphatic carbocycles. The summed E-state index contributed by atoms with van der Waals surface area (Å²) in [5, 5.41) is 0. The third-order valence-corrected chi connectivity index (χ3v) is 6.68. The maximum Gasteiger partial charge on any atom is 0.319 e. The van der Waals surface area contributed by atoms with E-state index in [1.54, 1.807) is 0 Å². The third kappa shape index (κ3) is 4.72. The summed E-state index contributed by atoms with van der Waals surface area (Å²) >= 11 is 4.88. The SMILES string of the molecule is CCCCC(I)(I)C(F)(F)I. The van der Waals surface area contributed by atoms with E-state index in [0.717, 1.165) is 12.8 Å². The zero-order valence-corrected chi connectivity index (χ0v) is 12.5. The highest BCUT2D eigenvalue weighted by Crippen LogP contribution is 2.50. The van der Waals surface area contributed by atoms with E-state index in [-0.39, 0.29) is 0 Å². The van der Waals surface area contributed by atoms with Gasteiger partial charge in [-0.1, -0.05) is 64.9 Å². The second-order valence-corrected chi connectivity index (χ2v) is 9.41. The Balaban J connectivity index is 4.00. The van der Waals surface area contributed by atoms with Gasteiger partial charge in [-0.3, -0.25) is 0 Å². The molecule has 0 nitrogen and oxygen atoms in total. The lowest BCUT2D eigenvalue weighted by Gasteiger charge is -2.25. The smallest absolute Gasteiger partial charge is 0.193 e. The van der Waals surface area contributed by atoms with Crippen molar-refractivity contribution in [1.82, 2.24) is 0 Å².